The van der Waals surface area contributed by atoms with Crippen LogP contribution < -0.4 is 4.74 Å². The van der Waals surface area contributed by atoms with Crippen molar-refractivity contribution in [3.8, 4) is 5.75 Å². The number of benzene rings is 1. The molecule has 0 aliphatic carbocycles. The van der Waals surface area contributed by atoms with Crippen LogP contribution >= 0.6 is 0 Å². The molecule has 1 aromatic rings. The molecule has 0 atom stereocenters. The van der Waals surface area contributed by atoms with Crippen molar-refractivity contribution in [3.63, 3.8) is 0 Å². The fourth-order valence-electron chi connectivity index (χ4n) is 1.99. The van der Waals surface area contributed by atoms with Gasteiger partial charge in [-0.25, -0.2) is 0 Å². The summed E-state index contributed by atoms with van der Waals surface area (Å²) in [6.45, 7) is 2.46. The first-order valence-electron chi connectivity index (χ1n) is 6.17. The van der Waals surface area contributed by atoms with Crippen LogP contribution in [0.3, 0.4) is 0 Å². The highest BCUT2D eigenvalue weighted by atomic mass is 16.5. The topological polar surface area (TPSA) is 26.3 Å². The molecule has 0 aromatic heterocycles. The van der Waals surface area contributed by atoms with Crippen molar-refractivity contribution in [1.82, 2.24) is 0 Å². The number of allylic oxidation sites excluding steroid dienone is 1. The van der Waals surface area contributed by atoms with E-state index < -0.39 is 0 Å². The molecule has 0 saturated carbocycles. The van der Waals surface area contributed by atoms with Crippen molar-refractivity contribution >= 4 is 11.9 Å². The molecule has 90 valence electrons. The highest BCUT2D eigenvalue weighted by molar-refractivity contribution is 5.75. The molecule has 1 heterocycles. The van der Waals surface area contributed by atoms with Gasteiger partial charge in [0.1, 0.15) is 11.5 Å². The van der Waals surface area contributed by atoms with E-state index in [9.17, 15) is 4.79 Å². The Hall–Kier alpha value is -1.57. The largest absolute Gasteiger partial charge is 0.493 e. The van der Waals surface area contributed by atoms with Crippen LogP contribution in [0.25, 0.3) is 6.08 Å². The molecule has 2 rings (SSSR count). The number of hydrogen-bond donors (Lipinski definition) is 0. The van der Waals surface area contributed by atoms with Crippen molar-refractivity contribution < 1.29 is 9.53 Å². The number of ketones is 1. The first kappa shape index (κ1) is 11.9. The fourth-order valence-corrected chi connectivity index (χ4v) is 1.99. The van der Waals surface area contributed by atoms with E-state index in [2.05, 4.69) is 24.3 Å². The van der Waals surface area contributed by atoms with Crippen LogP contribution in [0.2, 0.25) is 0 Å². The molecule has 17 heavy (non-hydrogen) atoms. The third kappa shape index (κ3) is 3.45. The van der Waals surface area contributed by atoms with E-state index in [0.29, 0.717) is 6.42 Å². The zero-order valence-electron chi connectivity index (χ0n) is 10.2. The Balaban J connectivity index is 1.99. The lowest BCUT2D eigenvalue weighted by Gasteiger charge is -2.17. The molecule has 1 aliphatic rings. The van der Waals surface area contributed by atoms with Crippen molar-refractivity contribution in [3.05, 3.63) is 35.4 Å². The van der Waals surface area contributed by atoms with Crippen LogP contribution in [0.4, 0.5) is 0 Å². The van der Waals surface area contributed by atoms with Gasteiger partial charge in [-0.3, -0.25) is 0 Å². The van der Waals surface area contributed by atoms with Gasteiger partial charge >= 0.3 is 0 Å². The molecule has 1 aromatic carbocycles. The lowest BCUT2D eigenvalue weighted by Crippen LogP contribution is -2.07. The molecule has 1 aliphatic heterocycles. The monoisotopic (exact) mass is 230 g/mol. The van der Waals surface area contributed by atoms with E-state index in [0.717, 1.165) is 31.6 Å². The van der Waals surface area contributed by atoms with E-state index in [4.69, 9.17) is 4.74 Å². The summed E-state index contributed by atoms with van der Waals surface area (Å²) in [6, 6.07) is 6.28. The molecule has 0 saturated heterocycles. The van der Waals surface area contributed by atoms with Crippen LogP contribution in [0, 0.1) is 0 Å². The molecule has 0 bridgehead atoms. The van der Waals surface area contributed by atoms with Crippen LogP contribution in [0.5, 0.6) is 5.75 Å². The number of hydrogen-bond acceptors (Lipinski definition) is 2. The zero-order chi connectivity index (χ0) is 12.1. The summed E-state index contributed by atoms with van der Waals surface area (Å²) in [6.07, 6.45) is 7.80. The normalized spacial score (nSPS) is 14.4. The maximum Gasteiger partial charge on any atom is 0.130 e. The Morgan fingerprint density at radius 1 is 1.47 bits per heavy atom. The second kappa shape index (κ2) is 5.67. The molecule has 0 fully saturated rings. The van der Waals surface area contributed by atoms with Crippen LogP contribution in [-0.4, -0.2) is 12.4 Å². The second-order valence-corrected chi connectivity index (χ2v) is 4.46. The highest BCUT2D eigenvalue weighted by Gasteiger charge is 2.09. The number of carbonyl (C=O) groups is 1. The summed E-state index contributed by atoms with van der Waals surface area (Å²) < 4.78 is 5.57. The van der Waals surface area contributed by atoms with Crippen LogP contribution in [0.1, 0.15) is 37.3 Å². The summed E-state index contributed by atoms with van der Waals surface area (Å²) in [5.41, 5.74) is 2.49. The number of Topliss-reactive ketones (excluding diaryl/α,β-unsaturated/α-hetero) is 1. The van der Waals surface area contributed by atoms with E-state index >= 15 is 0 Å². The predicted molar refractivity (Wildman–Crippen MR) is 69.2 cm³/mol. The van der Waals surface area contributed by atoms with Gasteiger partial charge in [0, 0.05) is 6.42 Å². The summed E-state index contributed by atoms with van der Waals surface area (Å²) in [7, 11) is 0. The van der Waals surface area contributed by atoms with Crippen molar-refractivity contribution in [2.24, 2.45) is 0 Å². The van der Waals surface area contributed by atoms with Gasteiger partial charge in [0.25, 0.3) is 0 Å². The van der Waals surface area contributed by atoms with Crippen molar-refractivity contribution in [2.75, 3.05) is 6.61 Å². The second-order valence-electron chi connectivity index (χ2n) is 4.46. The molecular formula is C15H18O2. The van der Waals surface area contributed by atoms with E-state index in [1.807, 2.05) is 6.07 Å². The average Bonchev–Trinajstić information content (AvgIpc) is 2.34. The number of aryl methyl sites for hydroxylation is 1. The van der Waals surface area contributed by atoms with E-state index in [1.54, 1.807) is 6.92 Å². The van der Waals surface area contributed by atoms with Crippen LogP contribution in [0.15, 0.2) is 24.3 Å². The smallest absolute Gasteiger partial charge is 0.130 e. The van der Waals surface area contributed by atoms with Gasteiger partial charge in [0.15, 0.2) is 0 Å². The molecule has 2 nitrogen and oxygen atoms in total. The fraction of sp³-hybridized carbons (Fsp3) is 0.400. The van der Waals surface area contributed by atoms with E-state index in [-0.39, 0.29) is 5.78 Å². The summed E-state index contributed by atoms with van der Waals surface area (Å²) in [4.78, 5) is 10.8. The zero-order valence-corrected chi connectivity index (χ0v) is 10.2. The Kier molecular flexibility index (Phi) is 3.97. The minimum absolute atomic E-state index is 0.244. The Morgan fingerprint density at radius 2 is 2.35 bits per heavy atom. The van der Waals surface area contributed by atoms with Crippen LogP contribution in [-0.2, 0) is 11.2 Å². The third-order valence-corrected chi connectivity index (χ3v) is 2.91. The first-order chi connectivity index (χ1) is 8.25. The molecule has 0 amide bonds. The minimum Gasteiger partial charge on any atom is -0.493 e. The van der Waals surface area contributed by atoms with Gasteiger partial charge in [-0.1, -0.05) is 18.2 Å². The average molecular weight is 230 g/mol. The predicted octanol–water partition coefficient (Wildman–Crippen LogP) is 3.39. The Bertz CT molecular complexity index is 433. The summed E-state index contributed by atoms with van der Waals surface area (Å²) in [5, 5.41) is 0. The summed E-state index contributed by atoms with van der Waals surface area (Å²) >= 11 is 0. The third-order valence-electron chi connectivity index (χ3n) is 2.91. The maximum atomic E-state index is 10.8. The van der Waals surface area contributed by atoms with Gasteiger partial charge in [-0.05, 0) is 49.4 Å². The lowest BCUT2D eigenvalue weighted by atomic mass is 10.0. The minimum atomic E-state index is 0.244. The van der Waals surface area contributed by atoms with Crippen molar-refractivity contribution in [2.45, 2.75) is 32.6 Å². The summed E-state index contributed by atoms with van der Waals surface area (Å²) in [5.74, 6) is 1.27. The number of rotatable bonds is 4. The molecule has 0 N–H and O–H groups in total. The molecule has 0 spiro atoms. The first-order valence-corrected chi connectivity index (χ1v) is 6.17. The molecular weight excluding hydrogens is 212 g/mol. The molecule has 2 heteroatoms. The quantitative estimate of drug-likeness (QED) is 0.792. The molecule has 0 radical (unpaired) electrons. The number of ether oxygens (including phenoxy) is 1. The van der Waals surface area contributed by atoms with Gasteiger partial charge < -0.3 is 9.53 Å². The van der Waals surface area contributed by atoms with Gasteiger partial charge in [-0.15, -0.1) is 0 Å². The van der Waals surface area contributed by atoms with Gasteiger partial charge in [-0.2, -0.15) is 0 Å². The van der Waals surface area contributed by atoms with E-state index in [1.165, 1.54) is 11.1 Å². The number of carbonyl (C=O) groups excluding carboxylic acids is 1. The maximum absolute atomic E-state index is 10.8. The molecule has 0 unspecified atom stereocenters. The standard InChI is InChI=1S/C15H18O2/c1-12(16)5-2-3-6-13-8-9-15-14(11-13)7-4-10-17-15/h3,6,8-9,11H,2,4-5,7,10H2,1H3/b6-3+. The Labute approximate surface area is 102 Å². The van der Waals surface area contributed by atoms with Crippen molar-refractivity contribution in [1.29, 1.82) is 0 Å². The lowest BCUT2D eigenvalue weighted by molar-refractivity contribution is -0.116. The SMILES string of the molecule is CC(=O)CC/C=C/c1ccc2c(c1)CCCO2. The van der Waals surface area contributed by atoms with Gasteiger partial charge in [0.05, 0.1) is 6.61 Å². The number of fused-ring (bicyclic) bond motifs is 1. The van der Waals surface area contributed by atoms with Gasteiger partial charge in [0.2, 0.25) is 0 Å². The Morgan fingerprint density at radius 3 is 3.18 bits per heavy atom. The highest BCUT2D eigenvalue weighted by Crippen LogP contribution is 2.25.